The Balaban J connectivity index is 1.23. The summed E-state index contributed by atoms with van der Waals surface area (Å²) in [6.07, 6.45) is -2.86. The fourth-order valence-corrected chi connectivity index (χ4v) is 9.63. The van der Waals surface area contributed by atoms with E-state index in [2.05, 4.69) is 20.1 Å². The number of hydrogen-bond donors (Lipinski definition) is 3. The van der Waals surface area contributed by atoms with Crippen molar-refractivity contribution in [3.05, 3.63) is 48.5 Å². The monoisotopic (exact) mass is 902 g/mol. The lowest BCUT2D eigenvalue weighted by molar-refractivity contribution is -0.274. The minimum absolute atomic E-state index is 0.0747. The molecule has 3 heterocycles. The van der Waals surface area contributed by atoms with Crippen LogP contribution >= 0.6 is 0 Å². The molecule has 20 heteroatoms. The summed E-state index contributed by atoms with van der Waals surface area (Å²) in [5.74, 6) is -2.31. The molecule has 7 rings (SSSR count). The molecule has 2 aromatic carbocycles. The van der Waals surface area contributed by atoms with Crippen molar-refractivity contribution >= 4 is 44.6 Å². The largest absolute Gasteiger partial charge is 0.573 e. The first-order valence-corrected chi connectivity index (χ1v) is 22.6. The lowest BCUT2D eigenvalue weighted by Gasteiger charge is -2.32. The highest BCUT2D eigenvalue weighted by Gasteiger charge is 2.62. The van der Waals surface area contributed by atoms with Crippen LogP contribution in [0.1, 0.15) is 72.1 Å². The first kappa shape index (κ1) is 45.6. The van der Waals surface area contributed by atoms with Gasteiger partial charge < -0.3 is 39.4 Å². The van der Waals surface area contributed by atoms with Crippen LogP contribution in [0.3, 0.4) is 0 Å². The van der Waals surface area contributed by atoms with Crippen molar-refractivity contribution in [2.45, 2.75) is 113 Å². The highest BCUT2D eigenvalue weighted by molar-refractivity contribution is 7.91. The van der Waals surface area contributed by atoms with Crippen molar-refractivity contribution < 1.29 is 59.7 Å². The number of fused-ring (bicyclic) bond motifs is 3. The van der Waals surface area contributed by atoms with Crippen molar-refractivity contribution in [1.29, 1.82) is 0 Å². The molecule has 5 atom stereocenters. The molecule has 16 nitrogen and oxygen atoms in total. The van der Waals surface area contributed by atoms with E-state index in [1.807, 2.05) is 11.9 Å². The number of carbonyl (C=O) groups excluding carboxylic acids is 4. The maximum absolute atomic E-state index is 14.8. The second-order valence-corrected chi connectivity index (χ2v) is 19.8. The summed E-state index contributed by atoms with van der Waals surface area (Å²) in [5, 5.41) is 6.05. The van der Waals surface area contributed by atoms with Gasteiger partial charge in [-0.2, -0.15) is 0 Å². The van der Waals surface area contributed by atoms with Gasteiger partial charge >= 0.3 is 12.5 Å². The number of carbonyl (C=O) groups is 4. The van der Waals surface area contributed by atoms with E-state index in [1.165, 1.54) is 24.1 Å². The molecule has 4 fully saturated rings. The zero-order valence-electron chi connectivity index (χ0n) is 35.7. The van der Waals surface area contributed by atoms with E-state index in [4.69, 9.17) is 19.2 Å². The number of sulfonamides is 1. The van der Waals surface area contributed by atoms with Gasteiger partial charge in [-0.1, -0.05) is 12.8 Å². The molecule has 0 bridgehead atoms. The summed E-state index contributed by atoms with van der Waals surface area (Å²) in [4.78, 5) is 64.5. The number of methoxy groups -OCH3 is 1. The zero-order valence-corrected chi connectivity index (χ0v) is 36.6. The van der Waals surface area contributed by atoms with Crippen LogP contribution in [0.4, 0.5) is 18.0 Å². The summed E-state index contributed by atoms with van der Waals surface area (Å²) in [7, 11) is -0.638. The molecule has 2 saturated carbocycles. The molecule has 2 saturated heterocycles. The van der Waals surface area contributed by atoms with E-state index in [1.54, 1.807) is 45.0 Å². The Hall–Kier alpha value is -5.37. The quantitative estimate of drug-likeness (QED) is 0.260. The van der Waals surface area contributed by atoms with Gasteiger partial charge in [0.25, 0.3) is 5.91 Å². The molecular formula is C43H53F3N6O10S. The van der Waals surface area contributed by atoms with Gasteiger partial charge in [-0.15, -0.1) is 13.2 Å². The summed E-state index contributed by atoms with van der Waals surface area (Å²) in [6, 6.07) is 9.56. The van der Waals surface area contributed by atoms with E-state index < -0.39 is 80.5 Å². The van der Waals surface area contributed by atoms with Crippen LogP contribution in [0, 0.1) is 5.92 Å². The standard InChI is InChI=1S/C43H53F3N6O10S/c1-41(2,3)62-40(56)48-34-24-51(4)18-8-6-7-9-27-22-42(27,39(55)50-63(57,58)31-15-16-31)49-36(53)35-21-30(23-52(35)38(34)54)60-37-32-17-14-29(59-5)19-26(32)20-33(47-37)25-10-12-28(13-11-25)61-43(44,45)46/h10-14,17,19-20,27,30-31,34-35H,6-9,15-16,18,21-24H2,1-5H3,(H,48,56)(H,49,53)(H,50,55)/t27-,30-,34+,35+,42-/m1/s1. The molecule has 3 N–H and O–H groups in total. The number of likely N-dealkylation sites (N-methyl/N-ethyl adjacent to an activating group) is 1. The Labute approximate surface area is 363 Å². The third-order valence-electron chi connectivity index (χ3n) is 11.6. The van der Waals surface area contributed by atoms with Gasteiger partial charge in [-0.25, -0.2) is 18.2 Å². The predicted molar refractivity (Wildman–Crippen MR) is 223 cm³/mol. The van der Waals surface area contributed by atoms with Crippen LogP contribution in [0.5, 0.6) is 17.4 Å². The van der Waals surface area contributed by atoms with Gasteiger partial charge in [0.05, 0.1) is 24.6 Å². The lowest BCUT2D eigenvalue weighted by atomic mass is 10.1. The average Bonchev–Trinajstić information content (AvgIpc) is 4.12. The lowest BCUT2D eigenvalue weighted by Crippen LogP contribution is -2.59. The average molecular weight is 903 g/mol. The van der Waals surface area contributed by atoms with Crippen LogP contribution in [-0.2, 0) is 29.1 Å². The van der Waals surface area contributed by atoms with Gasteiger partial charge in [0, 0.05) is 23.9 Å². The van der Waals surface area contributed by atoms with Crippen molar-refractivity contribution in [3.63, 3.8) is 0 Å². The molecule has 1 aromatic heterocycles. The highest BCUT2D eigenvalue weighted by atomic mass is 32.2. The first-order chi connectivity index (χ1) is 29.6. The van der Waals surface area contributed by atoms with E-state index in [9.17, 15) is 40.8 Å². The minimum Gasteiger partial charge on any atom is -0.497 e. The van der Waals surface area contributed by atoms with Crippen LogP contribution in [0.25, 0.3) is 22.0 Å². The van der Waals surface area contributed by atoms with E-state index in [-0.39, 0.29) is 37.7 Å². The van der Waals surface area contributed by atoms with Gasteiger partial charge in [0.1, 0.15) is 40.8 Å². The number of rotatable bonds is 9. The number of pyridine rings is 1. The third kappa shape index (κ3) is 11.1. The molecule has 4 amide bonds. The van der Waals surface area contributed by atoms with E-state index >= 15 is 0 Å². The number of nitrogens with one attached hydrogen (secondary N) is 3. The number of amides is 4. The summed E-state index contributed by atoms with van der Waals surface area (Å²) < 4.78 is 88.5. The molecule has 0 spiro atoms. The molecule has 2 aliphatic heterocycles. The number of alkyl halides is 3. The van der Waals surface area contributed by atoms with Crippen molar-refractivity contribution in [2.75, 3.05) is 33.8 Å². The number of nitrogens with zero attached hydrogens (tertiary/aromatic N) is 3. The maximum Gasteiger partial charge on any atom is 0.573 e. The Morgan fingerprint density at radius 1 is 0.952 bits per heavy atom. The normalized spacial score (nSPS) is 25.1. The van der Waals surface area contributed by atoms with Crippen molar-refractivity contribution in [2.24, 2.45) is 5.92 Å². The fourth-order valence-electron chi connectivity index (χ4n) is 8.27. The smallest absolute Gasteiger partial charge is 0.497 e. The van der Waals surface area contributed by atoms with Crippen molar-refractivity contribution in [3.8, 4) is 28.6 Å². The molecule has 2 aliphatic carbocycles. The highest BCUT2D eigenvalue weighted by Crippen LogP contribution is 2.48. The van der Waals surface area contributed by atoms with Gasteiger partial charge in [-0.05, 0) is 126 Å². The molecule has 342 valence electrons. The first-order valence-electron chi connectivity index (χ1n) is 21.0. The molecule has 0 unspecified atom stereocenters. The van der Waals surface area contributed by atoms with Gasteiger partial charge in [0.2, 0.25) is 27.7 Å². The number of ether oxygens (including phenoxy) is 4. The van der Waals surface area contributed by atoms with Crippen LogP contribution in [0.15, 0.2) is 48.5 Å². The van der Waals surface area contributed by atoms with Crippen LogP contribution in [-0.4, -0.2) is 122 Å². The van der Waals surface area contributed by atoms with Crippen molar-refractivity contribution in [1.82, 2.24) is 30.1 Å². The molecule has 0 radical (unpaired) electrons. The zero-order chi connectivity index (χ0) is 45.5. The van der Waals surface area contributed by atoms with E-state index in [0.29, 0.717) is 60.0 Å². The number of benzene rings is 2. The predicted octanol–water partition coefficient (Wildman–Crippen LogP) is 5.04. The SMILES string of the molecule is COc1ccc2c(O[C@@H]3C[C@H]4C(=O)N[C@]5(C(=O)NS(=O)(=O)C6CC6)C[C@H]5CCCCCN(C)C[C@H](NC(=O)OC(C)(C)C)C(=O)N4C3)nc(-c3ccc(OC(F)(F)F)cc3)cc2c1. The maximum atomic E-state index is 14.8. The summed E-state index contributed by atoms with van der Waals surface area (Å²) >= 11 is 0. The minimum atomic E-state index is -4.88. The second-order valence-electron chi connectivity index (χ2n) is 17.8. The number of alkyl carbamates (subject to hydrolysis) is 1. The fraction of sp³-hybridized carbons (Fsp3) is 0.558. The number of hydrogen-bond acceptors (Lipinski definition) is 12. The number of aromatic nitrogens is 1. The van der Waals surface area contributed by atoms with Gasteiger partial charge in [-0.3, -0.25) is 19.1 Å². The Morgan fingerprint density at radius 3 is 2.33 bits per heavy atom. The Bertz CT molecular complexity index is 2340. The van der Waals surface area contributed by atoms with Crippen LogP contribution in [0.2, 0.25) is 0 Å². The molecule has 63 heavy (non-hydrogen) atoms. The second kappa shape index (κ2) is 17.7. The summed E-state index contributed by atoms with van der Waals surface area (Å²) in [6.45, 7) is 5.54. The summed E-state index contributed by atoms with van der Waals surface area (Å²) in [5.41, 5.74) is -1.66. The van der Waals surface area contributed by atoms with E-state index in [0.717, 1.165) is 25.0 Å². The topological polar surface area (TPSA) is 195 Å². The third-order valence-corrected chi connectivity index (χ3v) is 13.5. The Kier molecular flexibility index (Phi) is 12.8. The molecule has 3 aromatic rings. The molecular weight excluding hydrogens is 850 g/mol. The van der Waals surface area contributed by atoms with Gasteiger partial charge in [0.15, 0.2) is 0 Å². The Morgan fingerprint density at radius 2 is 1.67 bits per heavy atom. The number of halogens is 3. The van der Waals surface area contributed by atoms with Crippen LogP contribution < -0.4 is 29.6 Å². The molecule has 4 aliphatic rings.